The van der Waals surface area contributed by atoms with E-state index in [1.165, 1.54) is 53.2 Å². The number of hydrogen-bond donors (Lipinski definition) is 1. The van der Waals surface area contributed by atoms with E-state index in [-0.39, 0.29) is 27.9 Å². The van der Waals surface area contributed by atoms with Crippen LogP contribution in [0.15, 0.2) is 46.6 Å². The first kappa shape index (κ1) is 25.8. The molecule has 1 aliphatic carbocycles. The maximum atomic E-state index is 12.8. The van der Waals surface area contributed by atoms with Crippen molar-refractivity contribution in [2.75, 3.05) is 24.7 Å². The van der Waals surface area contributed by atoms with Crippen LogP contribution >= 0.6 is 23.4 Å². The van der Waals surface area contributed by atoms with Crippen LogP contribution in [0.1, 0.15) is 35.2 Å². The first-order chi connectivity index (χ1) is 16.6. The molecule has 7 nitrogen and oxygen atoms in total. The van der Waals surface area contributed by atoms with E-state index in [2.05, 4.69) is 40.7 Å². The Morgan fingerprint density at radius 2 is 1.89 bits per heavy atom. The van der Waals surface area contributed by atoms with Gasteiger partial charge in [-0.25, -0.2) is 18.5 Å². The molecule has 1 heterocycles. The number of carbonyl (C=O) groups is 1. The van der Waals surface area contributed by atoms with Crippen molar-refractivity contribution in [1.82, 2.24) is 9.55 Å². The molecule has 0 aliphatic heterocycles. The zero-order valence-electron chi connectivity index (χ0n) is 20.0. The third-order valence-corrected chi connectivity index (χ3v) is 8.49. The molecule has 0 fully saturated rings. The molecular weight excluding hydrogens is 504 g/mol. The molecular formula is C25H29ClN4O3S2. The number of benzene rings is 2. The summed E-state index contributed by atoms with van der Waals surface area (Å²) < 4.78 is 25.2. The molecule has 0 atom stereocenters. The van der Waals surface area contributed by atoms with Crippen molar-refractivity contribution < 1.29 is 13.2 Å². The number of nitrogens with zero attached hydrogens (tertiary/aromatic N) is 3. The second kappa shape index (κ2) is 10.3. The van der Waals surface area contributed by atoms with Crippen LogP contribution in [0.3, 0.4) is 0 Å². The number of nitrogens with two attached hydrogens (primary N) is 1. The molecule has 186 valence electrons. The van der Waals surface area contributed by atoms with Crippen molar-refractivity contribution in [2.45, 2.75) is 49.1 Å². The Balaban J connectivity index is 1.54. The summed E-state index contributed by atoms with van der Waals surface area (Å²) in [5.41, 5.74) is 6.74. The summed E-state index contributed by atoms with van der Waals surface area (Å²) in [7, 11) is 0.308. The third kappa shape index (κ3) is 5.58. The number of fused-ring (bicyclic) bond motifs is 1. The Morgan fingerprint density at radius 3 is 2.54 bits per heavy atom. The molecule has 0 amide bonds. The third-order valence-electron chi connectivity index (χ3n) is 6.22. The number of sulfonamides is 1. The molecule has 10 heteroatoms. The van der Waals surface area contributed by atoms with Gasteiger partial charge >= 0.3 is 0 Å². The lowest BCUT2D eigenvalue weighted by molar-refractivity contribution is -0.116. The minimum absolute atomic E-state index is 0.0301. The number of primary sulfonamides is 1. The quantitative estimate of drug-likeness (QED) is 0.433. The van der Waals surface area contributed by atoms with Crippen molar-refractivity contribution in [3.05, 3.63) is 63.9 Å². The molecule has 0 saturated heterocycles. The number of imidazole rings is 1. The zero-order valence-corrected chi connectivity index (χ0v) is 22.4. The minimum atomic E-state index is -3.85. The van der Waals surface area contributed by atoms with Crippen LogP contribution in [0.4, 0.5) is 5.69 Å². The van der Waals surface area contributed by atoms with E-state index in [4.69, 9.17) is 16.7 Å². The van der Waals surface area contributed by atoms with E-state index >= 15 is 0 Å². The van der Waals surface area contributed by atoms with Crippen molar-refractivity contribution >= 4 is 44.9 Å². The summed E-state index contributed by atoms with van der Waals surface area (Å²) >= 11 is 7.61. The molecule has 3 aromatic rings. The summed E-state index contributed by atoms with van der Waals surface area (Å²) in [6.45, 7) is 2.03. The van der Waals surface area contributed by atoms with Gasteiger partial charge in [-0.15, -0.1) is 0 Å². The Kier molecular flexibility index (Phi) is 7.61. The molecule has 35 heavy (non-hydrogen) atoms. The van der Waals surface area contributed by atoms with Gasteiger partial charge in [0.15, 0.2) is 5.16 Å². The number of hydrogen-bond acceptors (Lipinski definition) is 6. The molecule has 0 spiro atoms. The average molecular weight is 533 g/mol. The van der Waals surface area contributed by atoms with Crippen molar-refractivity contribution in [3.63, 3.8) is 0 Å². The standard InChI is InChI=1S/C25H29ClN4O3S2/c1-16-14-28-25(30(16)24-11-10-23(29(2)3)20-6-4-5-7-21(20)24)34-15-18(31)12-17-8-9-19(13-22(17)26)35(27,32)33/h8-11,13-14H,4-7,12,15H2,1-3H3,(H2,27,32,33). The summed E-state index contributed by atoms with van der Waals surface area (Å²) in [4.78, 5) is 19.4. The highest BCUT2D eigenvalue weighted by Gasteiger charge is 2.22. The molecule has 0 saturated carbocycles. The number of anilines is 1. The lowest BCUT2D eigenvalue weighted by Crippen LogP contribution is -2.17. The monoisotopic (exact) mass is 532 g/mol. The Labute approximate surface area is 215 Å². The van der Waals surface area contributed by atoms with Gasteiger partial charge in [0.05, 0.1) is 16.3 Å². The highest BCUT2D eigenvalue weighted by atomic mass is 35.5. The molecule has 0 radical (unpaired) electrons. The first-order valence-electron chi connectivity index (χ1n) is 11.4. The van der Waals surface area contributed by atoms with Crippen LogP contribution in [0.2, 0.25) is 5.02 Å². The average Bonchev–Trinajstić information content (AvgIpc) is 3.17. The fraction of sp³-hybridized carbons (Fsp3) is 0.360. The van der Waals surface area contributed by atoms with E-state index in [1.807, 2.05) is 13.1 Å². The Hall–Kier alpha value is -2.33. The fourth-order valence-electron chi connectivity index (χ4n) is 4.52. The highest BCUT2D eigenvalue weighted by molar-refractivity contribution is 7.99. The SMILES string of the molecule is Cc1cnc(SCC(=O)Cc2ccc(S(N)(=O)=O)cc2Cl)n1-c1ccc(N(C)C)c2c1CCCC2. The molecule has 4 rings (SSSR count). The van der Waals surface area contributed by atoms with E-state index in [1.54, 1.807) is 0 Å². The van der Waals surface area contributed by atoms with Crippen LogP contribution in [-0.2, 0) is 34.1 Å². The lowest BCUT2D eigenvalue weighted by Gasteiger charge is -2.27. The van der Waals surface area contributed by atoms with E-state index < -0.39 is 10.0 Å². The number of Topliss-reactive ketones (excluding diaryl/α,β-unsaturated/α-hetero) is 1. The van der Waals surface area contributed by atoms with E-state index in [0.717, 1.165) is 35.8 Å². The van der Waals surface area contributed by atoms with Gasteiger partial charge in [0, 0.05) is 43.1 Å². The number of carbonyl (C=O) groups excluding carboxylic acids is 1. The normalized spacial score (nSPS) is 13.5. The van der Waals surface area contributed by atoms with Crippen LogP contribution in [-0.4, -0.2) is 43.6 Å². The molecule has 1 aromatic heterocycles. The second-order valence-corrected chi connectivity index (χ2v) is 11.9. The minimum Gasteiger partial charge on any atom is -0.377 e. The first-order valence-corrected chi connectivity index (χ1v) is 14.3. The van der Waals surface area contributed by atoms with Crippen molar-refractivity contribution in [2.24, 2.45) is 5.14 Å². The lowest BCUT2D eigenvalue weighted by atomic mass is 9.88. The molecule has 0 unspecified atom stereocenters. The van der Waals surface area contributed by atoms with Crippen LogP contribution in [0, 0.1) is 6.92 Å². The van der Waals surface area contributed by atoms with Crippen molar-refractivity contribution in [3.8, 4) is 5.69 Å². The second-order valence-electron chi connectivity index (χ2n) is 8.98. The van der Waals surface area contributed by atoms with Gasteiger partial charge in [0.1, 0.15) is 5.78 Å². The predicted molar refractivity (Wildman–Crippen MR) is 142 cm³/mol. The van der Waals surface area contributed by atoms with Gasteiger partial charge in [0.25, 0.3) is 0 Å². The summed E-state index contributed by atoms with van der Waals surface area (Å²) in [5.74, 6) is 0.194. The van der Waals surface area contributed by atoms with Gasteiger partial charge in [-0.3, -0.25) is 9.36 Å². The summed E-state index contributed by atoms with van der Waals surface area (Å²) in [6, 6.07) is 8.52. The van der Waals surface area contributed by atoms with Crippen LogP contribution < -0.4 is 10.0 Å². The number of aryl methyl sites for hydroxylation is 1. The maximum absolute atomic E-state index is 12.8. The largest absolute Gasteiger partial charge is 0.377 e. The predicted octanol–water partition coefficient (Wildman–Crippen LogP) is 4.33. The Bertz CT molecular complexity index is 1380. The maximum Gasteiger partial charge on any atom is 0.238 e. The molecule has 1 aliphatic rings. The molecule has 2 aromatic carbocycles. The summed E-state index contributed by atoms with van der Waals surface area (Å²) in [5, 5.41) is 6.13. The van der Waals surface area contributed by atoms with Crippen LogP contribution in [0.25, 0.3) is 5.69 Å². The number of aromatic nitrogens is 2. The fourth-order valence-corrected chi connectivity index (χ4v) is 6.27. The summed E-state index contributed by atoms with van der Waals surface area (Å²) in [6.07, 6.45) is 6.39. The number of ketones is 1. The van der Waals surface area contributed by atoms with Gasteiger partial charge in [-0.1, -0.05) is 29.4 Å². The number of rotatable bonds is 8. The highest BCUT2D eigenvalue weighted by Crippen LogP contribution is 2.36. The topological polar surface area (TPSA) is 98.3 Å². The van der Waals surface area contributed by atoms with Gasteiger partial charge in [0.2, 0.25) is 10.0 Å². The van der Waals surface area contributed by atoms with Gasteiger partial charge < -0.3 is 4.90 Å². The zero-order chi connectivity index (χ0) is 25.3. The number of thioether (sulfide) groups is 1. The van der Waals surface area contributed by atoms with Crippen LogP contribution in [0.5, 0.6) is 0 Å². The van der Waals surface area contributed by atoms with E-state index in [0.29, 0.717) is 5.56 Å². The van der Waals surface area contributed by atoms with Gasteiger partial charge in [-0.05, 0) is 73.6 Å². The molecule has 0 bridgehead atoms. The van der Waals surface area contributed by atoms with E-state index in [9.17, 15) is 13.2 Å². The smallest absolute Gasteiger partial charge is 0.238 e. The Morgan fingerprint density at radius 1 is 1.17 bits per heavy atom. The number of halogens is 1. The van der Waals surface area contributed by atoms with Crippen molar-refractivity contribution in [1.29, 1.82) is 0 Å². The van der Waals surface area contributed by atoms with Gasteiger partial charge in [-0.2, -0.15) is 0 Å². The molecule has 2 N–H and O–H groups in total.